The van der Waals surface area contributed by atoms with Gasteiger partial charge in [-0.25, -0.2) is 4.98 Å². The third-order valence-corrected chi connectivity index (χ3v) is 10.5. The van der Waals surface area contributed by atoms with Gasteiger partial charge >= 0.3 is 0 Å². The van der Waals surface area contributed by atoms with Crippen molar-refractivity contribution >= 4 is 17.4 Å². The van der Waals surface area contributed by atoms with Crippen LogP contribution < -0.4 is 10.5 Å². The number of benzene rings is 2. The highest BCUT2D eigenvalue weighted by atomic mass is 16.5. The second kappa shape index (κ2) is 17.0. The lowest BCUT2D eigenvalue weighted by Crippen LogP contribution is -2.33. The summed E-state index contributed by atoms with van der Waals surface area (Å²) < 4.78 is 5.43. The number of aliphatic hydroxyl groups excluding tert-OH is 2. The van der Waals surface area contributed by atoms with Gasteiger partial charge in [0.25, 0.3) is 0 Å². The molecular weight excluding hydrogens is 616 g/mol. The molecule has 0 bridgehead atoms. The Kier molecular flexibility index (Phi) is 12.5. The molecule has 1 fully saturated rings. The number of aliphatic hydroxyl groups is 2. The molecule has 5 rings (SSSR count). The number of aromatic nitrogens is 1. The Morgan fingerprint density at radius 1 is 1.02 bits per heavy atom. The minimum atomic E-state index is -0.693. The molecule has 0 aliphatic heterocycles. The first kappa shape index (κ1) is 36.1. The molecule has 0 saturated heterocycles. The number of aryl methyl sites for hydroxylation is 1. The molecule has 3 aromatic rings. The summed E-state index contributed by atoms with van der Waals surface area (Å²) in [6.45, 7) is 1.98. The number of Topliss-reactive ketones (excluding diaryl/α,β-unsaturated/α-hetero) is 2. The van der Waals surface area contributed by atoms with E-state index < -0.39 is 17.9 Å². The van der Waals surface area contributed by atoms with E-state index in [9.17, 15) is 24.9 Å². The van der Waals surface area contributed by atoms with E-state index in [1.807, 2.05) is 42.5 Å². The Morgan fingerprint density at radius 2 is 1.82 bits per heavy atom. The molecule has 5 N–H and O–H groups in total. The van der Waals surface area contributed by atoms with Crippen LogP contribution in [-0.2, 0) is 22.4 Å². The van der Waals surface area contributed by atoms with Crippen LogP contribution >= 0.6 is 0 Å². The van der Waals surface area contributed by atoms with Gasteiger partial charge in [-0.15, -0.1) is 0 Å². The molecule has 1 saturated carbocycles. The number of ether oxygens (including phenoxy) is 1. The molecule has 0 spiro atoms. The zero-order valence-electron chi connectivity index (χ0n) is 28.7. The molecule has 7 atom stereocenters. The van der Waals surface area contributed by atoms with Crippen molar-refractivity contribution in [1.29, 1.82) is 0 Å². The van der Waals surface area contributed by atoms with Gasteiger partial charge < -0.3 is 25.8 Å². The molecule has 0 unspecified atom stereocenters. The van der Waals surface area contributed by atoms with Crippen molar-refractivity contribution in [2.24, 2.45) is 29.6 Å². The minimum absolute atomic E-state index is 0.00417. The van der Waals surface area contributed by atoms with Crippen LogP contribution in [0.1, 0.15) is 86.5 Å². The first-order valence-corrected chi connectivity index (χ1v) is 17.7. The standard InChI is InChI=1S/C41H50N2O6/c1-3-7-34(37(46)15-17-44)31-20-27(18-26-14-16-43-41(42)21-26)19-29-11-13-33(28-8-5-4-6-9-28)35-25-39(48)40(49-2)23-30(35)10-12-32(45)24-38(47)36(29)22-31/h4-6,8-9,14,16,21,23,25,27,29,31,33-34,36-37,44,46,48H,3,7,10,12,15,17-20,22,24H2,1-2H3,(H2,42,43)/t27-,29+,31-,33-,34+,36-,37-/m1/s1. The van der Waals surface area contributed by atoms with Crippen molar-refractivity contribution in [2.45, 2.75) is 83.2 Å². The summed E-state index contributed by atoms with van der Waals surface area (Å²) in [5.74, 6) is 6.59. The van der Waals surface area contributed by atoms with Gasteiger partial charge in [-0.3, -0.25) is 9.59 Å². The zero-order valence-corrected chi connectivity index (χ0v) is 28.7. The van der Waals surface area contributed by atoms with Crippen LogP contribution in [0.4, 0.5) is 5.82 Å². The minimum Gasteiger partial charge on any atom is -0.504 e. The second-order valence-corrected chi connectivity index (χ2v) is 13.9. The number of aromatic hydroxyl groups is 1. The Bertz CT molecular complexity index is 1650. The maximum atomic E-state index is 14.2. The fraction of sp³-hybridized carbons (Fsp3) is 0.488. The van der Waals surface area contributed by atoms with Crippen LogP contribution in [0.3, 0.4) is 0 Å². The number of ketones is 2. The molecule has 8 nitrogen and oxygen atoms in total. The lowest BCUT2D eigenvalue weighted by atomic mass is 9.73. The van der Waals surface area contributed by atoms with Crippen molar-refractivity contribution in [2.75, 3.05) is 19.5 Å². The van der Waals surface area contributed by atoms with E-state index >= 15 is 0 Å². The quantitative estimate of drug-likeness (QED) is 0.152. The number of rotatable bonds is 10. The molecule has 8 heteroatoms. The number of nitrogens with zero attached hydrogens (tertiary/aromatic N) is 1. The lowest BCUT2D eigenvalue weighted by molar-refractivity contribution is -0.130. The van der Waals surface area contributed by atoms with E-state index in [4.69, 9.17) is 10.5 Å². The summed E-state index contributed by atoms with van der Waals surface area (Å²) in [5.41, 5.74) is 9.75. The van der Waals surface area contributed by atoms with E-state index in [0.29, 0.717) is 30.8 Å². The molecule has 1 aromatic heterocycles. The van der Waals surface area contributed by atoms with Crippen molar-refractivity contribution in [1.82, 2.24) is 4.98 Å². The maximum Gasteiger partial charge on any atom is 0.160 e. The number of hydrogen-bond donors (Lipinski definition) is 4. The van der Waals surface area contributed by atoms with E-state index in [1.54, 1.807) is 18.3 Å². The SMILES string of the molecule is CCC[C@@H]([C@@H]1C[C@H](Cc2ccnc(N)c2)C[C@@H]2C#C[C@H](c3ccccc3)c3cc(O)c(OC)cc3CCC(=O)CC(=O)[C@@H]2C1)[C@H](O)CCO. The summed E-state index contributed by atoms with van der Waals surface area (Å²) in [5, 5.41) is 31.9. The summed E-state index contributed by atoms with van der Waals surface area (Å²) in [6, 6.07) is 17.3. The van der Waals surface area contributed by atoms with Gasteiger partial charge in [0.05, 0.1) is 25.6 Å². The van der Waals surface area contributed by atoms with Crippen molar-refractivity contribution < 1.29 is 29.6 Å². The van der Waals surface area contributed by atoms with Crippen molar-refractivity contribution in [3.8, 4) is 23.3 Å². The largest absolute Gasteiger partial charge is 0.504 e. The third-order valence-electron chi connectivity index (χ3n) is 10.5. The molecule has 260 valence electrons. The number of carbonyl (C=O) groups excluding carboxylic acids is 2. The molecule has 0 amide bonds. The number of phenolic OH excluding ortho intramolecular Hbond substituents is 1. The van der Waals surface area contributed by atoms with Crippen molar-refractivity contribution in [3.63, 3.8) is 0 Å². The van der Waals surface area contributed by atoms with Gasteiger partial charge in [-0.2, -0.15) is 0 Å². The molecule has 2 aromatic carbocycles. The number of anilines is 1. The number of hydrogen-bond acceptors (Lipinski definition) is 8. The Labute approximate surface area is 290 Å². The summed E-state index contributed by atoms with van der Waals surface area (Å²) in [7, 11) is 1.50. The second-order valence-electron chi connectivity index (χ2n) is 13.9. The van der Waals surface area contributed by atoms with E-state index in [-0.39, 0.29) is 66.9 Å². The number of nitrogens with two attached hydrogens (primary N) is 1. The molecule has 1 heterocycles. The fourth-order valence-corrected chi connectivity index (χ4v) is 8.18. The number of fused-ring (bicyclic) bond motifs is 2. The summed E-state index contributed by atoms with van der Waals surface area (Å²) in [6.07, 6.45) is 6.02. The lowest BCUT2D eigenvalue weighted by Gasteiger charge is -2.33. The highest BCUT2D eigenvalue weighted by Gasteiger charge is 2.40. The van der Waals surface area contributed by atoms with Crippen LogP contribution in [0.5, 0.6) is 11.5 Å². The van der Waals surface area contributed by atoms with Crippen LogP contribution in [0.25, 0.3) is 0 Å². The molecular formula is C41H50N2O6. The monoisotopic (exact) mass is 666 g/mol. The molecule has 2 aliphatic rings. The van der Waals surface area contributed by atoms with Crippen LogP contribution in [0.2, 0.25) is 0 Å². The van der Waals surface area contributed by atoms with Crippen molar-refractivity contribution in [3.05, 3.63) is 83.0 Å². The predicted octanol–water partition coefficient (Wildman–Crippen LogP) is 6.04. The van der Waals surface area contributed by atoms with Gasteiger partial charge in [0.2, 0.25) is 0 Å². The average molecular weight is 667 g/mol. The third kappa shape index (κ3) is 9.09. The van der Waals surface area contributed by atoms with Gasteiger partial charge in [-0.05, 0) is 109 Å². The molecule has 0 radical (unpaired) electrons. The van der Waals surface area contributed by atoms with E-state index in [2.05, 4.69) is 23.7 Å². The number of nitrogen functional groups attached to an aromatic ring is 1. The smallest absolute Gasteiger partial charge is 0.160 e. The Morgan fingerprint density at radius 3 is 2.53 bits per heavy atom. The normalized spacial score (nSPS) is 24.1. The average Bonchev–Trinajstić information content (AvgIpc) is 3.26. The van der Waals surface area contributed by atoms with Gasteiger partial charge in [0.15, 0.2) is 11.5 Å². The van der Waals surface area contributed by atoms with Crippen LogP contribution in [-0.4, -0.2) is 51.7 Å². The first-order valence-electron chi connectivity index (χ1n) is 17.7. The highest BCUT2D eigenvalue weighted by molar-refractivity contribution is 6.00. The van der Waals surface area contributed by atoms with E-state index in [0.717, 1.165) is 47.9 Å². The highest BCUT2D eigenvalue weighted by Crippen LogP contribution is 2.44. The van der Waals surface area contributed by atoms with Gasteiger partial charge in [0.1, 0.15) is 17.4 Å². The van der Waals surface area contributed by atoms with Gasteiger partial charge in [-0.1, -0.05) is 55.5 Å². The first-order chi connectivity index (χ1) is 23.7. The topological polar surface area (TPSA) is 143 Å². The zero-order chi connectivity index (χ0) is 34.9. The fourth-order valence-electron chi connectivity index (χ4n) is 8.18. The summed E-state index contributed by atoms with van der Waals surface area (Å²) >= 11 is 0. The van der Waals surface area contributed by atoms with Crippen LogP contribution in [0.15, 0.2) is 60.8 Å². The number of methoxy groups -OCH3 is 1. The summed E-state index contributed by atoms with van der Waals surface area (Å²) in [4.78, 5) is 31.9. The van der Waals surface area contributed by atoms with Crippen LogP contribution in [0, 0.1) is 41.4 Å². The molecule has 49 heavy (non-hydrogen) atoms. The number of pyridine rings is 1. The Hall–Kier alpha value is -4.19. The van der Waals surface area contributed by atoms with E-state index in [1.165, 1.54) is 7.11 Å². The predicted molar refractivity (Wildman–Crippen MR) is 190 cm³/mol. The Balaban J connectivity index is 1.65. The van der Waals surface area contributed by atoms with Gasteiger partial charge in [0, 0.05) is 31.1 Å². The maximum absolute atomic E-state index is 14.2. The number of carbonyl (C=O) groups is 2. The number of phenols is 1. The molecule has 2 aliphatic carbocycles.